The molecule has 0 spiro atoms. The maximum atomic E-state index is 13.1. The van der Waals surface area contributed by atoms with Crippen LogP contribution in [0.1, 0.15) is 18.4 Å². The second-order valence-corrected chi connectivity index (χ2v) is 8.63. The van der Waals surface area contributed by atoms with Crippen LogP contribution in [-0.2, 0) is 20.2 Å². The zero-order chi connectivity index (χ0) is 18.2. The Morgan fingerprint density at radius 1 is 0.808 bits per heavy atom. The number of benzene rings is 3. The summed E-state index contributed by atoms with van der Waals surface area (Å²) < 4.78 is 31.5. The topological polar surface area (TPSA) is 63.6 Å². The minimum atomic E-state index is -3.66. The summed E-state index contributed by atoms with van der Waals surface area (Å²) in [7, 11) is -3.66. The molecule has 0 aromatic heterocycles. The summed E-state index contributed by atoms with van der Waals surface area (Å²) in [6.07, 6.45) is 0.930. The van der Waals surface area contributed by atoms with Gasteiger partial charge in [-0.2, -0.15) is 0 Å². The van der Waals surface area contributed by atoms with Gasteiger partial charge in [0.2, 0.25) is 9.84 Å². The van der Waals surface area contributed by atoms with Crippen molar-refractivity contribution in [2.75, 3.05) is 13.2 Å². The molecule has 26 heavy (non-hydrogen) atoms. The average molecular weight is 368 g/mol. The van der Waals surface area contributed by atoms with Gasteiger partial charge < -0.3 is 9.84 Å². The van der Waals surface area contributed by atoms with Gasteiger partial charge in [-0.1, -0.05) is 42.5 Å². The van der Waals surface area contributed by atoms with Crippen molar-refractivity contribution in [1.29, 1.82) is 0 Å². The van der Waals surface area contributed by atoms with Crippen molar-refractivity contribution in [3.63, 3.8) is 0 Å². The van der Waals surface area contributed by atoms with Crippen molar-refractivity contribution < 1.29 is 18.3 Å². The van der Waals surface area contributed by atoms with Crippen molar-refractivity contribution in [1.82, 2.24) is 0 Å². The van der Waals surface area contributed by atoms with E-state index in [1.54, 1.807) is 36.4 Å². The summed E-state index contributed by atoms with van der Waals surface area (Å²) in [5.41, 5.74) is -0.407. The molecule has 1 aliphatic heterocycles. The summed E-state index contributed by atoms with van der Waals surface area (Å²) in [6.45, 7) is 0.941. The first-order valence-electron chi connectivity index (χ1n) is 8.64. The third-order valence-corrected chi connectivity index (χ3v) is 6.78. The lowest BCUT2D eigenvalue weighted by molar-refractivity contribution is -0.0680. The molecule has 1 saturated heterocycles. The fourth-order valence-corrected chi connectivity index (χ4v) is 4.76. The van der Waals surface area contributed by atoms with Crippen molar-refractivity contribution in [2.45, 2.75) is 28.2 Å². The van der Waals surface area contributed by atoms with Gasteiger partial charge in [0.15, 0.2) is 0 Å². The largest absolute Gasteiger partial charge is 0.385 e. The van der Waals surface area contributed by atoms with Gasteiger partial charge in [0.25, 0.3) is 0 Å². The molecule has 1 aliphatic rings. The van der Waals surface area contributed by atoms with E-state index in [2.05, 4.69) is 0 Å². The molecule has 0 amide bonds. The minimum Gasteiger partial charge on any atom is -0.385 e. The molecular formula is C21H20O4S. The van der Waals surface area contributed by atoms with Crippen LogP contribution in [0, 0.1) is 0 Å². The Kier molecular flexibility index (Phi) is 4.31. The molecule has 4 nitrogen and oxygen atoms in total. The Hall–Kier alpha value is -2.21. The molecule has 0 bridgehead atoms. The molecular weight excluding hydrogens is 348 g/mol. The van der Waals surface area contributed by atoms with E-state index >= 15 is 0 Å². The molecule has 1 heterocycles. The van der Waals surface area contributed by atoms with Crippen LogP contribution in [0.15, 0.2) is 76.5 Å². The van der Waals surface area contributed by atoms with Gasteiger partial charge in [0.05, 0.1) is 15.4 Å². The van der Waals surface area contributed by atoms with Gasteiger partial charge in [0.1, 0.15) is 0 Å². The fourth-order valence-electron chi connectivity index (χ4n) is 3.42. The van der Waals surface area contributed by atoms with Gasteiger partial charge in [-0.25, -0.2) is 8.42 Å². The van der Waals surface area contributed by atoms with Crippen molar-refractivity contribution in [2.24, 2.45) is 0 Å². The molecule has 0 atom stereocenters. The zero-order valence-corrected chi connectivity index (χ0v) is 15.1. The van der Waals surface area contributed by atoms with Crippen LogP contribution < -0.4 is 0 Å². The zero-order valence-electron chi connectivity index (χ0n) is 14.3. The van der Waals surface area contributed by atoms with Crippen molar-refractivity contribution in [3.8, 4) is 0 Å². The van der Waals surface area contributed by atoms with Crippen LogP contribution >= 0.6 is 0 Å². The van der Waals surface area contributed by atoms with E-state index in [4.69, 9.17) is 4.74 Å². The van der Waals surface area contributed by atoms with Crippen LogP contribution in [0.5, 0.6) is 0 Å². The van der Waals surface area contributed by atoms with Crippen LogP contribution in [0.4, 0.5) is 0 Å². The molecule has 3 aromatic carbocycles. The lowest BCUT2D eigenvalue weighted by Gasteiger charge is -2.32. The molecule has 1 fully saturated rings. The highest BCUT2D eigenvalue weighted by Gasteiger charge is 2.32. The molecule has 5 heteroatoms. The van der Waals surface area contributed by atoms with Gasteiger partial charge in [-0.15, -0.1) is 0 Å². The summed E-state index contributed by atoms with van der Waals surface area (Å²) in [5.74, 6) is 0. The average Bonchev–Trinajstić information content (AvgIpc) is 2.68. The Morgan fingerprint density at radius 2 is 1.50 bits per heavy atom. The summed E-state index contributed by atoms with van der Waals surface area (Å²) in [5, 5.41) is 12.7. The quantitative estimate of drug-likeness (QED) is 0.766. The van der Waals surface area contributed by atoms with E-state index in [9.17, 15) is 13.5 Å². The standard InChI is InChI=1S/C21H20O4S/c22-21(10-12-25-13-11-21)18-6-3-7-19(15-18)26(23,24)20-9-8-16-4-1-2-5-17(16)14-20/h1-9,14-15,22H,10-13H2. The molecule has 0 unspecified atom stereocenters. The van der Waals surface area contributed by atoms with Crippen LogP contribution in [0.2, 0.25) is 0 Å². The molecule has 134 valence electrons. The molecule has 1 N–H and O–H groups in total. The van der Waals surface area contributed by atoms with Crippen LogP contribution in [0.25, 0.3) is 10.8 Å². The molecule has 0 aliphatic carbocycles. The van der Waals surface area contributed by atoms with Gasteiger partial charge in [-0.05, 0) is 40.6 Å². The number of sulfone groups is 1. The highest BCUT2D eigenvalue weighted by atomic mass is 32.2. The maximum absolute atomic E-state index is 13.1. The molecule has 0 radical (unpaired) electrons. The Bertz CT molecular complexity index is 1050. The number of hydrogen-bond donors (Lipinski definition) is 1. The minimum absolute atomic E-state index is 0.199. The van der Waals surface area contributed by atoms with Crippen LogP contribution in [0.3, 0.4) is 0 Å². The fraction of sp³-hybridized carbons (Fsp3) is 0.238. The lowest BCUT2D eigenvalue weighted by Crippen LogP contribution is -2.33. The van der Waals surface area contributed by atoms with Gasteiger partial charge >= 0.3 is 0 Å². The van der Waals surface area contributed by atoms with Crippen molar-refractivity contribution >= 4 is 20.6 Å². The van der Waals surface area contributed by atoms with Gasteiger partial charge in [-0.3, -0.25) is 0 Å². The molecule has 0 saturated carbocycles. The Labute approximate surface area is 153 Å². The van der Waals surface area contributed by atoms with E-state index in [1.165, 1.54) is 0 Å². The monoisotopic (exact) mass is 368 g/mol. The second-order valence-electron chi connectivity index (χ2n) is 6.68. The number of rotatable bonds is 3. The number of ether oxygens (including phenoxy) is 1. The third kappa shape index (κ3) is 3.03. The van der Waals surface area contributed by atoms with E-state index < -0.39 is 15.4 Å². The van der Waals surface area contributed by atoms with E-state index in [0.29, 0.717) is 31.6 Å². The molecule has 3 aromatic rings. The predicted molar refractivity (Wildman–Crippen MR) is 99.8 cm³/mol. The molecule has 4 rings (SSSR count). The third-order valence-electron chi connectivity index (χ3n) is 5.03. The van der Waals surface area contributed by atoms with E-state index in [0.717, 1.165) is 10.8 Å². The van der Waals surface area contributed by atoms with Crippen molar-refractivity contribution in [3.05, 3.63) is 72.3 Å². The van der Waals surface area contributed by atoms with Crippen LogP contribution in [-0.4, -0.2) is 26.7 Å². The smallest absolute Gasteiger partial charge is 0.206 e. The maximum Gasteiger partial charge on any atom is 0.206 e. The predicted octanol–water partition coefficient (Wildman–Crippen LogP) is 3.67. The normalized spacial score (nSPS) is 17.3. The van der Waals surface area contributed by atoms with E-state index in [1.807, 2.05) is 30.3 Å². The SMILES string of the molecule is O=S(=O)(c1cccc(C2(O)CCOCC2)c1)c1ccc2ccccc2c1. The highest BCUT2D eigenvalue weighted by Crippen LogP contribution is 2.34. The lowest BCUT2D eigenvalue weighted by atomic mass is 9.87. The first-order chi connectivity index (χ1) is 12.5. The Morgan fingerprint density at radius 3 is 2.27 bits per heavy atom. The number of fused-ring (bicyclic) bond motifs is 1. The first-order valence-corrected chi connectivity index (χ1v) is 10.1. The summed E-state index contributed by atoms with van der Waals surface area (Å²) in [6, 6.07) is 19.5. The highest BCUT2D eigenvalue weighted by molar-refractivity contribution is 7.91. The number of aliphatic hydroxyl groups is 1. The first kappa shape index (κ1) is 17.2. The number of hydrogen-bond acceptors (Lipinski definition) is 4. The summed E-state index contributed by atoms with van der Waals surface area (Å²) >= 11 is 0. The van der Waals surface area contributed by atoms with Gasteiger partial charge in [0, 0.05) is 26.1 Å². The second kappa shape index (κ2) is 6.50. The van der Waals surface area contributed by atoms with E-state index in [-0.39, 0.29) is 9.79 Å². The summed E-state index contributed by atoms with van der Waals surface area (Å²) in [4.78, 5) is 0.456. The Balaban J connectivity index is 1.76.